The number of carboxylic acids is 1. The Morgan fingerprint density at radius 3 is 2.22 bits per heavy atom. The van der Waals surface area contributed by atoms with Crippen molar-refractivity contribution in [3.05, 3.63) is 63.6 Å². The van der Waals surface area contributed by atoms with Gasteiger partial charge in [-0.15, -0.1) is 0 Å². The van der Waals surface area contributed by atoms with Crippen molar-refractivity contribution < 1.29 is 53.9 Å². The number of carboxylic acid groups (broad SMARTS) is 1. The molecule has 250 valence electrons. The average molecular weight is 686 g/mol. The van der Waals surface area contributed by atoms with E-state index < -0.39 is 41.4 Å². The van der Waals surface area contributed by atoms with Gasteiger partial charge in [-0.05, 0) is 55.8 Å². The third kappa shape index (κ3) is 8.99. The first-order chi connectivity index (χ1) is 21.4. The van der Waals surface area contributed by atoms with Gasteiger partial charge in [0, 0.05) is 25.2 Å². The number of aliphatic carboxylic acids is 1. The molecule has 19 heteroatoms. The smallest absolute Gasteiger partial charge is 0.475 e. The lowest BCUT2D eigenvalue weighted by Crippen LogP contribution is -2.37. The fourth-order valence-corrected chi connectivity index (χ4v) is 5.64. The highest BCUT2D eigenvalue weighted by Gasteiger charge is 2.38. The van der Waals surface area contributed by atoms with Gasteiger partial charge in [0.1, 0.15) is 0 Å². The summed E-state index contributed by atoms with van der Waals surface area (Å²) in [5.41, 5.74) is -1.43. The first-order valence-electron chi connectivity index (χ1n) is 13.4. The fourth-order valence-electron chi connectivity index (χ4n) is 4.61. The number of carbonyl (C=O) groups is 1. The van der Waals surface area contributed by atoms with Crippen LogP contribution in [0.15, 0.2) is 45.7 Å². The van der Waals surface area contributed by atoms with Crippen molar-refractivity contribution in [2.45, 2.75) is 44.3 Å². The monoisotopic (exact) mass is 685 g/mol. The van der Waals surface area contributed by atoms with E-state index in [0.29, 0.717) is 34.0 Å². The highest BCUT2D eigenvalue weighted by atomic mass is 32.1. The van der Waals surface area contributed by atoms with Gasteiger partial charge < -0.3 is 14.9 Å². The SMILES string of the molecule is O=C(O)C(F)(F)F.O=c1[nH]c(-c2ccc(CN(CCN3CCCCC3)c3nc4ccc(C(F)(F)F)cc4s3)cc2C(F)(F)F)no1. The van der Waals surface area contributed by atoms with E-state index in [1.165, 1.54) is 18.2 Å². The van der Waals surface area contributed by atoms with Gasteiger partial charge in [0.05, 0.1) is 21.3 Å². The van der Waals surface area contributed by atoms with Crippen LogP contribution in [0.4, 0.5) is 44.6 Å². The number of thiazole rings is 1. The Hall–Kier alpha value is -4.13. The molecule has 0 spiro atoms. The lowest BCUT2D eigenvalue weighted by Gasteiger charge is -2.30. The van der Waals surface area contributed by atoms with Crippen molar-refractivity contribution in [3.8, 4) is 11.4 Å². The third-order valence-corrected chi connectivity index (χ3v) is 7.89. The summed E-state index contributed by atoms with van der Waals surface area (Å²) in [6.07, 6.45) is -11.1. The number of alkyl halides is 9. The average Bonchev–Trinajstić information content (AvgIpc) is 3.60. The van der Waals surface area contributed by atoms with Crippen LogP contribution < -0.4 is 10.7 Å². The van der Waals surface area contributed by atoms with Crippen molar-refractivity contribution >= 4 is 32.7 Å². The molecule has 1 aliphatic rings. The molecule has 2 N–H and O–H groups in total. The zero-order chi connectivity index (χ0) is 33.9. The van der Waals surface area contributed by atoms with Crippen molar-refractivity contribution in [3.63, 3.8) is 0 Å². The predicted molar refractivity (Wildman–Crippen MR) is 147 cm³/mol. The molecule has 0 bridgehead atoms. The van der Waals surface area contributed by atoms with Crippen LogP contribution in [0.25, 0.3) is 21.6 Å². The molecule has 0 radical (unpaired) electrons. The Balaban J connectivity index is 0.000000617. The number of nitrogens with zero attached hydrogens (tertiary/aromatic N) is 4. The van der Waals surface area contributed by atoms with E-state index in [0.717, 1.165) is 61.9 Å². The molecular weight excluding hydrogens is 661 g/mol. The van der Waals surface area contributed by atoms with Crippen LogP contribution in [0.3, 0.4) is 0 Å². The number of halogens is 9. The van der Waals surface area contributed by atoms with Crippen molar-refractivity contribution in [1.29, 1.82) is 0 Å². The zero-order valence-corrected chi connectivity index (χ0v) is 24.2. The van der Waals surface area contributed by atoms with E-state index in [-0.39, 0.29) is 17.9 Å². The summed E-state index contributed by atoms with van der Waals surface area (Å²) < 4.78 is 118. The van der Waals surface area contributed by atoms with Crippen LogP contribution in [0.1, 0.15) is 36.0 Å². The van der Waals surface area contributed by atoms with Gasteiger partial charge in [-0.1, -0.05) is 35.0 Å². The Morgan fingerprint density at radius 1 is 0.978 bits per heavy atom. The number of fused-ring (bicyclic) bond motifs is 1. The summed E-state index contributed by atoms with van der Waals surface area (Å²) in [6.45, 7) is 2.91. The van der Waals surface area contributed by atoms with E-state index in [2.05, 4.69) is 24.5 Å². The second kappa shape index (κ2) is 13.7. The number of H-pyrrole nitrogens is 1. The lowest BCUT2D eigenvalue weighted by molar-refractivity contribution is -0.192. The number of nitrogens with one attached hydrogen (secondary N) is 1. The summed E-state index contributed by atoms with van der Waals surface area (Å²) in [6, 6.07) is 6.98. The molecule has 1 aliphatic heterocycles. The molecule has 5 rings (SSSR count). The highest BCUT2D eigenvalue weighted by molar-refractivity contribution is 7.22. The molecule has 0 unspecified atom stereocenters. The van der Waals surface area contributed by atoms with E-state index in [4.69, 9.17) is 9.90 Å². The Kier molecular flexibility index (Phi) is 10.3. The Bertz CT molecular complexity index is 1710. The molecule has 0 amide bonds. The van der Waals surface area contributed by atoms with Crippen LogP contribution >= 0.6 is 11.3 Å². The molecule has 0 saturated carbocycles. The van der Waals surface area contributed by atoms with Gasteiger partial charge in [0.25, 0.3) is 0 Å². The molecule has 1 saturated heterocycles. The van der Waals surface area contributed by atoms with Gasteiger partial charge in [-0.2, -0.15) is 39.5 Å². The maximum Gasteiger partial charge on any atom is 0.490 e. The molecule has 2 aromatic carbocycles. The van der Waals surface area contributed by atoms with Crippen LogP contribution in [0, 0.1) is 0 Å². The number of likely N-dealkylation sites (tertiary alicyclic amines) is 1. The summed E-state index contributed by atoms with van der Waals surface area (Å²) >= 11 is 1.07. The zero-order valence-electron chi connectivity index (χ0n) is 23.4. The van der Waals surface area contributed by atoms with E-state index in [1.807, 2.05) is 0 Å². The molecule has 46 heavy (non-hydrogen) atoms. The standard InChI is InChI=1S/C25H23F6N5O2S.C2HF3O2/c26-24(27,28)16-5-7-19-20(13-16)39-22(32-19)36(11-10-35-8-2-1-3-9-35)14-15-4-6-17(18(12-15)25(29,30)31)21-33-23(37)38-34-21;3-2(4,5)1(6)7/h4-7,12-13H,1-3,8-11,14H2,(H,33,34,37);(H,6,7). The van der Waals surface area contributed by atoms with Gasteiger partial charge in [0.15, 0.2) is 11.0 Å². The molecule has 3 heterocycles. The first kappa shape index (κ1) is 34.7. The highest BCUT2D eigenvalue weighted by Crippen LogP contribution is 2.38. The van der Waals surface area contributed by atoms with Crippen LogP contribution in [-0.2, 0) is 23.7 Å². The molecule has 0 aliphatic carbocycles. The number of hydrogen-bond acceptors (Lipinski definition) is 8. The third-order valence-electron chi connectivity index (χ3n) is 6.81. The fraction of sp³-hybridized carbons (Fsp3) is 0.407. The molecule has 4 aromatic rings. The molecular formula is C27H24F9N5O4S. The lowest BCUT2D eigenvalue weighted by atomic mass is 10.0. The van der Waals surface area contributed by atoms with Gasteiger partial charge >= 0.3 is 30.3 Å². The van der Waals surface area contributed by atoms with Crippen LogP contribution in [0.5, 0.6) is 0 Å². The van der Waals surface area contributed by atoms with E-state index >= 15 is 0 Å². The number of aromatic amines is 1. The maximum absolute atomic E-state index is 14.0. The van der Waals surface area contributed by atoms with Crippen molar-refractivity contribution in [2.75, 3.05) is 31.1 Å². The molecule has 9 nitrogen and oxygen atoms in total. The number of rotatable bonds is 7. The number of anilines is 1. The minimum absolute atomic E-state index is 0.0402. The minimum atomic E-state index is -5.08. The number of benzene rings is 2. The second-order valence-corrected chi connectivity index (χ2v) is 11.1. The van der Waals surface area contributed by atoms with E-state index in [1.54, 1.807) is 4.90 Å². The van der Waals surface area contributed by atoms with Gasteiger partial charge in [0.2, 0.25) is 0 Å². The Morgan fingerprint density at radius 2 is 1.65 bits per heavy atom. The van der Waals surface area contributed by atoms with Crippen LogP contribution in [-0.4, -0.2) is 63.5 Å². The quantitative estimate of drug-likeness (QED) is 0.204. The Labute approximate surface area is 257 Å². The number of hydrogen-bond donors (Lipinski definition) is 2. The first-order valence-corrected chi connectivity index (χ1v) is 14.2. The maximum atomic E-state index is 14.0. The van der Waals surface area contributed by atoms with Crippen molar-refractivity contribution in [1.82, 2.24) is 20.0 Å². The summed E-state index contributed by atoms with van der Waals surface area (Å²) in [4.78, 5) is 30.9. The topological polar surface area (TPSA) is 116 Å². The summed E-state index contributed by atoms with van der Waals surface area (Å²) in [5, 5.41) is 10.9. The van der Waals surface area contributed by atoms with Crippen LogP contribution in [0.2, 0.25) is 0 Å². The largest absolute Gasteiger partial charge is 0.490 e. The summed E-state index contributed by atoms with van der Waals surface area (Å²) in [7, 11) is 0. The minimum Gasteiger partial charge on any atom is -0.475 e. The van der Waals surface area contributed by atoms with E-state index in [9.17, 15) is 44.3 Å². The number of aromatic nitrogens is 3. The normalized spacial score (nSPS) is 14.6. The summed E-state index contributed by atoms with van der Waals surface area (Å²) in [5.74, 6) is -4.07. The number of piperidine rings is 1. The molecule has 1 fully saturated rings. The van der Waals surface area contributed by atoms with Crippen molar-refractivity contribution in [2.24, 2.45) is 0 Å². The molecule has 2 aromatic heterocycles. The second-order valence-electron chi connectivity index (χ2n) is 10.1. The van der Waals surface area contributed by atoms with Gasteiger partial charge in [-0.25, -0.2) is 14.6 Å². The predicted octanol–water partition coefficient (Wildman–Crippen LogP) is 6.80. The van der Waals surface area contributed by atoms with Gasteiger partial charge in [-0.3, -0.25) is 9.51 Å². The molecule has 0 atom stereocenters.